The van der Waals surface area contributed by atoms with Gasteiger partial charge in [-0.25, -0.2) is 0 Å². The number of nitrogens with zero attached hydrogens (tertiary/aromatic N) is 1. The van der Waals surface area contributed by atoms with E-state index in [0.29, 0.717) is 0 Å². The summed E-state index contributed by atoms with van der Waals surface area (Å²) in [5.74, 6) is -0.598. The fraction of sp³-hybridized carbons (Fsp3) is 0.250. The Morgan fingerprint density at radius 3 is 2.50 bits per heavy atom. The Balaban J connectivity index is 2.08. The summed E-state index contributed by atoms with van der Waals surface area (Å²) >= 11 is 1.59. The van der Waals surface area contributed by atoms with Crippen LogP contribution in [0.15, 0.2) is 47.8 Å². The number of benzene rings is 1. The summed E-state index contributed by atoms with van der Waals surface area (Å²) in [6.07, 6.45) is 0. The van der Waals surface area contributed by atoms with Crippen molar-refractivity contribution in [2.24, 2.45) is 5.73 Å². The lowest BCUT2D eigenvalue weighted by molar-refractivity contribution is -0.123. The number of carbonyl (C=O) groups is 2. The molecular formula is C16H19N3O2S. The Labute approximate surface area is 133 Å². The molecule has 1 atom stereocenters. The standard InChI is InChI=1S/C16H19N3O2S/c1-19(10-14(17)20)11-15(21)18-16(13-8-5-9-22-13)12-6-3-2-4-7-12/h2-9,16H,10-11H2,1H3,(H2,17,20)(H,18,21)/t16-/m1/s1. The second-order valence-corrected chi connectivity index (χ2v) is 6.04. The Kier molecular flexibility index (Phi) is 5.68. The van der Waals surface area contributed by atoms with E-state index in [1.54, 1.807) is 23.3 Å². The van der Waals surface area contributed by atoms with Crippen molar-refractivity contribution in [1.82, 2.24) is 10.2 Å². The molecule has 0 aliphatic rings. The predicted octanol–water partition coefficient (Wildman–Crippen LogP) is 1.37. The van der Waals surface area contributed by atoms with Gasteiger partial charge in [0.05, 0.1) is 19.1 Å². The summed E-state index contributed by atoms with van der Waals surface area (Å²) in [5, 5.41) is 5.00. The van der Waals surface area contributed by atoms with Crippen molar-refractivity contribution >= 4 is 23.2 Å². The Morgan fingerprint density at radius 2 is 1.91 bits per heavy atom. The van der Waals surface area contributed by atoms with Gasteiger partial charge >= 0.3 is 0 Å². The average molecular weight is 317 g/mol. The van der Waals surface area contributed by atoms with Crippen LogP contribution in [-0.4, -0.2) is 36.9 Å². The van der Waals surface area contributed by atoms with Gasteiger partial charge in [0, 0.05) is 4.88 Å². The van der Waals surface area contributed by atoms with E-state index in [4.69, 9.17) is 5.73 Å². The zero-order valence-electron chi connectivity index (χ0n) is 12.4. The van der Waals surface area contributed by atoms with Crippen LogP contribution in [0, 0.1) is 0 Å². The van der Waals surface area contributed by atoms with Crippen molar-refractivity contribution in [3.63, 3.8) is 0 Å². The van der Waals surface area contributed by atoms with Gasteiger partial charge in [0.25, 0.3) is 0 Å². The molecule has 1 heterocycles. The number of hydrogen-bond donors (Lipinski definition) is 2. The lowest BCUT2D eigenvalue weighted by Crippen LogP contribution is -2.40. The summed E-state index contributed by atoms with van der Waals surface area (Å²) in [4.78, 5) is 25.7. The first-order valence-electron chi connectivity index (χ1n) is 6.91. The van der Waals surface area contributed by atoms with E-state index >= 15 is 0 Å². The van der Waals surface area contributed by atoms with Gasteiger partial charge in [0.2, 0.25) is 11.8 Å². The van der Waals surface area contributed by atoms with Crippen LogP contribution >= 0.6 is 11.3 Å². The molecule has 0 bridgehead atoms. The van der Waals surface area contributed by atoms with E-state index in [-0.39, 0.29) is 25.0 Å². The number of likely N-dealkylation sites (N-methyl/N-ethyl adjacent to an activating group) is 1. The van der Waals surface area contributed by atoms with Crippen molar-refractivity contribution < 1.29 is 9.59 Å². The molecule has 0 radical (unpaired) electrons. The van der Waals surface area contributed by atoms with E-state index < -0.39 is 5.91 Å². The maximum Gasteiger partial charge on any atom is 0.234 e. The van der Waals surface area contributed by atoms with Gasteiger partial charge in [-0.05, 0) is 24.1 Å². The molecule has 1 aromatic heterocycles. The largest absolute Gasteiger partial charge is 0.369 e. The number of rotatable bonds is 7. The highest BCUT2D eigenvalue weighted by molar-refractivity contribution is 7.10. The van der Waals surface area contributed by atoms with Crippen molar-refractivity contribution in [2.75, 3.05) is 20.1 Å². The first-order chi connectivity index (χ1) is 10.6. The number of nitrogens with one attached hydrogen (secondary N) is 1. The Morgan fingerprint density at radius 1 is 1.18 bits per heavy atom. The van der Waals surface area contributed by atoms with Gasteiger partial charge in [-0.1, -0.05) is 36.4 Å². The van der Waals surface area contributed by atoms with E-state index in [9.17, 15) is 9.59 Å². The van der Waals surface area contributed by atoms with Gasteiger partial charge in [-0.3, -0.25) is 14.5 Å². The van der Waals surface area contributed by atoms with Gasteiger partial charge in [0.1, 0.15) is 0 Å². The minimum Gasteiger partial charge on any atom is -0.369 e. The highest BCUT2D eigenvalue weighted by atomic mass is 32.1. The lowest BCUT2D eigenvalue weighted by Gasteiger charge is -2.20. The van der Waals surface area contributed by atoms with Crippen LogP contribution in [0.1, 0.15) is 16.5 Å². The van der Waals surface area contributed by atoms with E-state index in [1.165, 1.54) is 0 Å². The molecule has 0 spiro atoms. The fourth-order valence-electron chi connectivity index (χ4n) is 2.19. The smallest absolute Gasteiger partial charge is 0.234 e. The number of thiophene rings is 1. The molecule has 2 amide bonds. The molecule has 0 saturated carbocycles. The minimum absolute atomic E-state index is 0.0580. The average Bonchev–Trinajstić information content (AvgIpc) is 2.98. The molecule has 0 aliphatic heterocycles. The number of amides is 2. The van der Waals surface area contributed by atoms with Crippen molar-refractivity contribution in [3.8, 4) is 0 Å². The van der Waals surface area contributed by atoms with Gasteiger partial charge < -0.3 is 11.1 Å². The summed E-state index contributed by atoms with van der Waals surface area (Å²) in [6, 6.07) is 13.6. The molecule has 0 aliphatic carbocycles. The van der Waals surface area contributed by atoms with Crippen molar-refractivity contribution in [1.29, 1.82) is 0 Å². The van der Waals surface area contributed by atoms with Crippen LogP contribution in [0.4, 0.5) is 0 Å². The van der Waals surface area contributed by atoms with Gasteiger partial charge in [0.15, 0.2) is 0 Å². The van der Waals surface area contributed by atoms with Crippen LogP contribution in [0.3, 0.4) is 0 Å². The van der Waals surface area contributed by atoms with Crippen molar-refractivity contribution in [2.45, 2.75) is 6.04 Å². The first kappa shape index (κ1) is 16.2. The Bertz CT molecular complexity index is 614. The highest BCUT2D eigenvalue weighted by Gasteiger charge is 2.18. The molecule has 0 fully saturated rings. The zero-order chi connectivity index (χ0) is 15.9. The maximum absolute atomic E-state index is 12.2. The second kappa shape index (κ2) is 7.72. The van der Waals surface area contributed by atoms with E-state index in [1.807, 2.05) is 47.8 Å². The van der Waals surface area contributed by atoms with Crippen LogP contribution in [-0.2, 0) is 9.59 Å². The minimum atomic E-state index is -0.451. The normalized spacial score (nSPS) is 12.1. The second-order valence-electron chi connectivity index (χ2n) is 5.07. The third kappa shape index (κ3) is 4.68. The molecule has 0 unspecified atom stereocenters. The summed E-state index contributed by atoms with van der Waals surface area (Å²) in [6.45, 7) is 0.181. The summed E-state index contributed by atoms with van der Waals surface area (Å²) < 4.78 is 0. The van der Waals surface area contributed by atoms with Gasteiger partial charge in [-0.15, -0.1) is 11.3 Å². The van der Waals surface area contributed by atoms with E-state index in [0.717, 1.165) is 10.4 Å². The first-order valence-corrected chi connectivity index (χ1v) is 7.79. The predicted molar refractivity (Wildman–Crippen MR) is 87.4 cm³/mol. The number of hydrogen-bond acceptors (Lipinski definition) is 4. The molecule has 1 aromatic carbocycles. The van der Waals surface area contributed by atoms with E-state index in [2.05, 4.69) is 5.32 Å². The molecule has 0 saturated heterocycles. The number of primary amides is 1. The van der Waals surface area contributed by atoms with Crippen molar-refractivity contribution in [3.05, 3.63) is 58.3 Å². The monoisotopic (exact) mass is 317 g/mol. The van der Waals surface area contributed by atoms with Gasteiger partial charge in [-0.2, -0.15) is 0 Å². The van der Waals surface area contributed by atoms with Crippen LogP contribution in [0.5, 0.6) is 0 Å². The fourth-order valence-corrected chi connectivity index (χ4v) is 3.00. The topological polar surface area (TPSA) is 75.4 Å². The molecule has 3 N–H and O–H groups in total. The number of nitrogens with two attached hydrogens (primary N) is 1. The molecular weight excluding hydrogens is 298 g/mol. The highest BCUT2D eigenvalue weighted by Crippen LogP contribution is 2.25. The molecule has 6 heteroatoms. The molecule has 116 valence electrons. The van der Waals surface area contributed by atoms with Crippen LogP contribution < -0.4 is 11.1 Å². The maximum atomic E-state index is 12.2. The quantitative estimate of drug-likeness (QED) is 0.810. The number of carbonyl (C=O) groups excluding carboxylic acids is 2. The third-order valence-electron chi connectivity index (χ3n) is 3.11. The van der Waals surface area contributed by atoms with Crippen LogP contribution in [0.25, 0.3) is 0 Å². The third-order valence-corrected chi connectivity index (χ3v) is 4.04. The Hall–Kier alpha value is -2.18. The molecule has 2 aromatic rings. The summed E-state index contributed by atoms with van der Waals surface area (Å²) in [5.41, 5.74) is 6.15. The zero-order valence-corrected chi connectivity index (χ0v) is 13.2. The van der Waals surface area contributed by atoms with Crippen LogP contribution in [0.2, 0.25) is 0 Å². The molecule has 5 nitrogen and oxygen atoms in total. The lowest BCUT2D eigenvalue weighted by atomic mass is 10.1. The SMILES string of the molecule is CN(CC(N)=O)CC(=O)N[C@H](c1ccccc1)c1cccs1. The summed E-state index contributed by atoms with van der Waals surface area (Å²) in [7, 11) is 1.69. The molecule has 2 rings (SSSR count). The molecule has 22 heavy (non-hydrogen) atoms.